The summed E-state index contributed by atoms with van der Waals surface area (Å²) in [5.74, 6) is -1.15. The van der Waals surface area contributed by atoms with Crippen LogP contribution in [0.4, 0.5) is 28.0 Å². The van der Waals surface area contributed by atoms with Gasteiger partial charge in [0.2, 0.25) is 0 Å². The Kier molecular flexibility index (Phi) is 7.17. The van der Waals surface area contributed by atoms with Crippen molar-refractivity contribution in [2.75, 3.05) is 25.0 Å². The lowest BCUT2D eigenvalue weighted by atomic mass is 9.97. The smallest absolute Gasteiger partial charge is 0.361 e. The van der Waals surface area contributed by atoms with Crippen molar-refractivity contribution < 1.29 is 22.4 Å². The number of amides is 2. The lowest BCUT2D eigenvalue weighted by Crippen LogP contribution is -2.50. The van der Waals surface area contributed by atoms with Crippen LogP contribution in [0, 0.1) is 5.82 Å². The number of para-hydroxylation sites is 1. The van der Waals surface area contributed by atoms with E-state index in [0.717, 1.165) is 37.5 Å². The Morgan fingerprint density at radius 1 is 1.13 bits per heavy atom. The first-order valence-electron chi connectivity index (χ1n) is 9.95. The zero-order valence-electron chi connectivity index (χ0n) is 16.4. The molecule has 2 N–H and O–H groups in total. The van der Waals surface area contributed by atoms with E-state index in [4.69, 9.17) is 12.2 Å². The van der Waals surface area contributed by atoms with Gasteiger partial charge in [0.1, 0.15) is 5.82 Å². The van der Waals surface area contributed by atoms with E-state index in [-0.39, 0.29) is 6.54 Å². The van der Waals surface area contributed by atoms with E-state index < -0.39 is 29.3 Å². The Morgan fingerprint density at radius 2 is 1.90 bits per heavy atom. The maximum absolute atomic E-state index is 14.0. The molecule has 1 aromatic rings. The number of benzene rings is 1. The Hall–Kier alpha value is -2.36. The van der Waals surface area contributed by atoms with E-state index in [1.807, 2.05) is 0 Å². The first kappa shape index (κ1) is 22.3. The van der Waals surface area contributed by atoms with Gasteiger partial charge in [0.15, 0.2) is 5.11 Å². The topological polar surface area (TPSA) is 47.6 Å². The predicted octanol–water partition coefficient (Wildman–Crippen LogP) is 5.06. The molecule has 30 heavy (non-hydrogen) atoms. The molecule has 0 unspecified atom stereocenters. The molecule has 2 aliphatic rings. The summed E-state index contributed by atoms with van der Waals surface area (Å²) in [4.78, 5) is 12.6. The molecule has 1 fully saturated rings. The number of urea groups is 1. The average molecular weight is 444 g/mol. The summed E-state index contributed by atoms with van der Waals surface area (Å²) in [5, 5.41) is 8.22. The fourth-order valence-corrected chi connectivity index (χ4v) is 3.94. The molecule has 0 radical (unpaired) electrons. The first-order valence-corrected chi connectivity index (χ1v) is 10.4. The highest BCUT2D eigenvalue weighted by Crippen LogP contribution is 2.36. The highest BCUT2D eigenvalue weighted by atomic mass is 32.1. The quantitative estimate of drug-likeness (QED) is 0.387. The van der Waals surface area contributed by atoms with Gasteiger partial charge in [-0.15, -0.1) is 0 Å². The summed E-state index contributed by atoms with van der Waals surface area (Å²) in [7, 11) is 0. The fourth-order valence-electron chi connectivity index (χ4n) is 3.65. The molecule has 0 aromatic heterocycles. The molecule has 3 rings (SSSR count). The molecule has 0 spiro atoms. The van der Waals surface area contributed by atoms with Crippen molar-refractivity contribution in [3.8, 4) is 0 Å². The number of allylic oxidation sites excluding steroid dienone is 1. The van der Waals surface area contributed by atoms with E-state index >= 15 is 0 Å². The second kappa shape index (κ2) is 9.63. The minimum atomic E-state index is -4.79. The van der Waals surface area contributed by atoms with E-state index in [9.17, 15) is 22.4 Å². The maximum Gasteiger partial charge on any atom is 0.418 e. The number of halogens is 4. The average Bonchev–Trinajstić information content (AvgIpc) is 3.19. The highest BCUT2D eigenvalue weighted by molar-refractivity contribution is 7.80. The zero-order chi connectivity index (χ0) is 21.7. The minimum absolute atomic E-state index is 0.272. The van der Waals surface area contributed by atoms with Crippen LogP contribution in [0.5, 0.6) is 0 Å². The van der Waals surface area contributed by atoms with E-state index in [2.05, 4.69) is 16.7 Å². The van der Waals surface area contributed by atoms with Crippen molar-refractivity contribution in [2.45, 2.75) is 44.7 Å². The van der Waals surface area contributed by atoms with Crippen LogP contribution in [0.2, 0.25) is 0 Å². The third-order valence-corrected chi connectivity index (χ3v) is 5.51. The minimum Gasteiger partial charge on any atom is -0.361 e. The van der Waals surface area contributed by atoms with Crippen LogP contribution < -0.4 is 10.6 Å². The molecular formula is C20H24F4N4OS. The number of carbonyl (C=O) groups excluding carboxylic acids is 1. The van der Waals surface area contributed by atoms with Crippen LogP contribution in [0.25, 0.3) is 0 Å². The van der Waals surface area contributed by atoms with Crippen molar-refractivity contribution in [3.63, 3.8) is 0 Å². The molecule has 5 nitrogen and oxygen atoms in total. The predicted molar refractivity (Wildman–Crippen MR) is 110 cm³/mol. The molecule has 0 bridgehead atoms. The maximum atomic E-state index is 14.0. The number of alkyl halides is 3. The van der Waals surface area contributed by atoms with Gasteiger partial charge in [-0.3, -0.25) is 5.01 Å². The van der Waals surface area contributed by atoms with E-state index in [1.54, 1.807) is 0 Å². The SMILES string of the molecule is O=C(Nc1c(F)cccc1C(F)(F)F)N1CCCN1C(=S)NCCC1=CCCCC1. The molecular weight excluding hydrogens is 420 g/mol. The Morgan fingerprint density at radius 3 is 2.60 bits per heavy atom. The van der Waals surface area contributed by atoms with Gasteiger partial charge in [-0.05, 0) is 62.9 Å². The Balaban J connectivity index is 1.62. The van der Waals surface area contributed by atoms with Gasteiger partial charge >= 0.3 is 12.2 Å². The third kappa shape index (κ3) is 5.41. The Labute approximate surface area is 178 Å². The largest absolute Gasteiger partial charge is 0.418 e. The molecule has 10 heteroatoms. The van der Waals surface area contributed by atoms with Gasteiger partial charge < -0.3 is 10.6 Å². The van der Waals surface area contributed by atoms with Gasteiger partial charge in [-0.2, -0.15) is 13.2 Å². The second-order valence-electron chi connectivity index (χ2n) is 7.28. The van der Waals surface area contributed by atoms with Crippen molar-refractivity contribution in [2.24, 2.45) is 0 Å². The molecule has 1 saturated heterocycles. The standard InChI is InChI=1S/C20H24F4N4OS/c21-16-9-4-8-15(20(22,23)24)17(16)26-18(29)27-12-5-13-28(27)19(30)25-11-10-14-6-2-1-3-7-14/h4,6,8-9H,1-3,5,7,10-13H2,(H,25,30)(H,26,29). The number of nitrogens with one attached hydrogen (secondary N) is 2. The molecule has 1 aliphatic heterocycles. The zero-order valence-corrected chi connectivity index (χ0v) is 17.2. The van der Waals surface area contributed by atoms with Crippen LogP contribution in [-0.4, -0.2) is 40.8 Å². The van der Waals surface area contributed by atoms with Gasteiger partial charge in [0, 0.05) is 19.6 Å². The van der Waals surface area contributed by atoms with Crippen LogP contribution in [0.15, 0.2) is 29.8 Å². The molecule has 164 valence electrons. The van der Waals surface area contributed by atoms with Crippen molar-refractivity contribution in [1.29, 1.82) is 0 Å². The van der Waals surface area contributed by atoms with Crippen molar-refractivity contribution in [1.82, 2.24) is 15.3 Å². The number of hydrazine groups is 1. The van der Waals surface area contributed by atoms with Crippen molar-refractivity contribution >= 4 is 29.0 Å². The second-order valence-corrected chi connectivity index (χ2v) is 7.67. The van der Waals surface area contributed by atoms with Gasteiger partial charge in [-0.1, -0.05) is 17.7 Å². The molecule has 1 aromatic carbocycles. The third-order valence-electron chi connectivity index (χ3n) is 5.16. The van der Waals surface area contributed by atoms with Crippen LogP contribution in [0.1, 0.15) is 44.1 Å². The van der Waals surface area contributed by atoms with E-state index in [1.165, 1.54) is 28.4 Å². The molecule has 0 atom stereocenters. The molecule has 0 saturated carbocycles. The summed E-state index contributed by atoms with van der Waals surface area (Å²) < 4.78 is 53.6. The first-order chi connectivity index (χ1) is 14.3. The Bertz CT molecular complexity index is 828. The summed E-state index contributed by atoms with van der Waals surface area (Å²) in [5.41, 5.74) is -0.736. The summed E-state index contributed by atoms with van der Waals surface area (Å²) in [6.07, 6.45) is 3.48. The summed E-state index contributed by atoms with van der Waals surface area (Å²) in [6, 6.07) is 1.70. The fraction of sp³-hybridized carbons (Fsp3) is 0.500. The van der Waals surface area contributed by atoms with Crippen LogP contribution in [-0.2, 0) is 6.18 Å². The number of anilines is 1. The summed E-state index contributed by atoms with van der Waals surface area (Å²) in [6.45, 7) is 1.34. The van der Waals surface area contributed by atoms with Gasteiger partial charge in [-0.25, -0.2) is 14.2 Å². The number of rotatable bonds is 4. The number of hydrogen-bond donors (Lipinski definition) is 2. The summed E-state index contributed by atoms with van der Waals surface area (Å²) >= 11 is 5.37. The van der Waals surface area contributed by atoms with Gasteiger partial charge in [0.25, 0.3) is 0 Å². The molecule has 2 amide bonds. The lowest BCUT2D eigenvalue weighted by Gasteiger charge is -2.30. The van der Waals surface area contributed by atoms with Gasteiger partial charge in [0.05, 0.1) is 11.3 Å². The van der Waals surface area contributed by atoms with Crippen molar-refractivity contribution in [3.05, 3.63) is 41.2 Å². The monoisotopic (exact) mass is 444 g/mol. The normalized spacial score (nSPS) is 17.0. The number of carbonyl (C=O) groups is 1. The lowest BCUT2D eigenvalue weighted by molar-refractivity contribution is -0.137. The highest BCUT2D eigenvalue weighted by Gasteiger charge is 2.36. The number of nitrogens with zero attached hydrogens (tertiary/aromatic N) is 2. The van der Waals surface area contributed by atoms with Crippen LogP contribution in [0.3, 0.4) is 0 Å². The van der Waals surface area contributed by atoms with Crippen LogP contribution >= 0.6 is 12.2 Å². The molecule has 1 aliphatic carbocycles. The van der Waals surface area contributed by atoms with E-state index in [0.29, 0.717) is 24.6 Å². The molecule has 1 heterocycles. The number of hydrogen-bond acceptors (Lipinski definition) is 2. The number of thiocarbonyl (C=S) groups is 1.